The number of aryl methyl sites for hydroxylation is 1. The van der Waals surface area contributed by atoms with Gasteiger partial charge in [-0.25, -0.2) is 4.98 Å². The average molecular weight is 340 g/mol. The number of hydrogen-bond donors (Lipinski definition) is 1. The molecule has 6 nitrogen and oxygen atoms in total. The molecule has 0 bridgehead atoms. The van der Waals surface area contributed by atoms with Crippen LogP contribution in [0.4, 0.5) is 0 Å². The molecular formula is C19H24N4O2. The van der Waals surface area contributed by atoms with Gasteiger partial charge in [-0.2, -0.15) is 0 Å². The highest BCUT2D eigenvalue weighted by Gasteiger charge is 2.34. The van der Waals surface area contributed by atoms with Crippen molar-refractivity contribution in [3.8, 4) is 11.4 Å². The molecule has 0 aliphatic carbocycles. The maximum atomic E-state index is 12.5. The van der Waals surface area contributed by atoms with E-state index in [-0.39, 0.29) is 17.0 Å². The lowest BCUT2D eigenvalue weighted by Crippen LogP contribution is -2.42. The van der Waals surface area contributed by atoms with Crippen molar-refractivity contribution in [2.75, 3.05) is 6.54 Å². The first-order chi connectivity index (χ1) is 11.9. The van der Waals surface area contributed by atoms with Crippen LogP contribution in [0.2, 0.25) is 0 Å². The van der Waals surface area contributed by atoms with E-state index in [9.17, 15) is 9.59 Å². The molecule has 0 atom stereocenters. The van der Waals surface area contributed by atoms with E-state index in [1.165, 1.54) is 0 Å². The molecule has 1 amide bonds. The van der Waals surface area contributed by atoms with Crippen LogP contribution in [0.5, 0.6) is 0 Å². The second-order valence-electron chi connectivity index (χ2n) is 7.18. The number of hydrogen-bond acceptors (Lipinski definition) is 4. The largest absolute Gasteiger partial charge is 0.338 e. The number of aromatic nitrogens is 3. The fraction of sp³-hybridized carbons (Fsp3) is 0.474. The van der Waals surface area contributed by atoms with Crippen molar-refractivity contribution in [3.05, 3.63) is 46.1 Å². The molecule has 25 heavy (non-hydrogen) atoms. The molecule has 0 aromatic carbocycles. The lowest BCUT2D eigenvalue weighted by Gasteiger charge is -2.31. The molecule has 2 aromatic heterocycles. The fourth-order valence-corrected chi connectivity index (χ4v) is 3.49. The van der Waals surface area contributed by atoms with Gasteiger partial charge in [0.1, 0.15) is 5.82 Å². The van der Waals surface area contributed by atoms with E-state index in [0.717, 1.165) is 24.9 Å². The van der Waals surface area contributed by atoms with E-state index >= 15 is 0 Å². The van der Waals surface area contributed by atoms with E-state index in [4.69, 9.17) is 0 Å². The predicted octanol–water partition coefficient (Wildman–Crippen LogP) is 2.47. The molecule has 132 valence electrons. The van der Waals surface area contributed by atoms with Gasteiger partial charge in [-0.05, 0) is 52.2 Å². The molecule has 1 fully saturated rings. The summed E-state index contributed by atoms with van der Waals surface area (Å²) in [4.78, 5) is 38.2. The standard InChI is InChI=1S/C19H24N4O2/c1-13-15(5-6-16(24)23-12-4-9-19(23,2)3)18(25)22-17(21-13)14-7-10-20-11-8-14/h7-8,10-11H,4-6,9,12H2,1-3H3,(H,21,22,25). The van der Waals surface area contributed by atoms with Crippen molar-refractivity contribution in [3.63, 3.8) is 0 Å². The lowest BCUT2D eigenvalue weighted by molar-refractivity contribution is -0.134. The summed E-state index contributed by atoms with van der Waals surface area (Å²) in [6, 6.07) is 3.60. The summed E-state index contributed by atoms with van der Waals surface area (Å²) in [5.74, 6) is 0.639. The number of nitrogens with one attached hydrogen (secondary N) is 1. The second kappa shape index (κ2) is 6.78. The van der Waals surface area contributed by atoms with Crippen molar-refractivity contribution < 1.29 is 4.79 Å². The molecule has 1 aliphatic rings. The van der Waals surface area contributed by atoms with E-state index in [1.54, 1.807) is 24.5 Å². The zero-order valence-electron chi connectivity index (χ0n) is 15.0. The van der Waals surface area contributed by atoms with Crippen LogP contribution in [0.1, 0.15) is 44.4 Å². The molecule has 0 radical (unpaired) electrons. The highest BCUT2D eigenvalue weighted by Crippen LogP contribution is 2.28. The Morgan fingerprint density at radius 3 is 2.64 bits per heavy atom. The Hall–Kier alpha value is -2.50. The fourth-order valence-electron chi connectivity index (χ4n) is 3.49. The molecule has 1 aliphatic heterocycles. The number of likely N-dealkylation sites (tertiary alicyclic amines) is 1. The Bertz CT molecular complexity index is 827. The monoisotopic (exact) mass is 340 g/mol. The molecule has 0 saturated carbocycles. The highest BCUT2D eigenvalue weighted by molar-refractivity contribution is 5.77. The third kappa shape index (κ3) is 3.62. The third-order valence-electron chi connectivity index (χ3n) is 4.97. The zero-order valence-corrected chi connectivity index (χ0v) is 15.0. The number of carbonyl (C=O) groups excluding carboxylic acids is 1. The summed E-state index contributed by atoms with van der Waals surface area (Å²) in [7, 11) is 0. The van der Waals surface area contributed by atoms with Crippen LogP contribution < -0.4 is 5.56 Å². The SMILES string of the molecule is Cc1nc(-c2ccncc2)[nH]c(=O)c1CCC(=O)N1CCCC1(C)C. The Labute approximate surface area is 147 Å². The number of aromatic amines is 1. The van der Waals surface area contributed by atoms with Gasteiger partial charge < -0.3 is 9.88 Å². The van der Waals surface area contributed by atoms with Crippen LogP contribution in [-0.4, -0.2) is 37.8 Å². The van der Waals surface area contributed by atoms with E-state index in [2.05, 4.69) is 28.8 Å². The maximum Gasteiger partial charge on any atom is 0.254 e. The van der Waals surface area contributed by atoms with Crippen molar-refractivity contribution >= 4 is 5.91 Å². The minimum atomic E-state index is -0.173. The molecular weight excluding hydrogens is 316 g/mol. The van der Waals surface area contributed by atoms with Gasteiger partial charge >= 0.3 is 0 Å². The van der Waals surface area contributed by atoms with Crippen molar-refractivity contribution in [1.29, 1.82) is 0 Å². The van der Waals surface area contributed by atoms with Crippen LogP contribution in [0.15, 0.2) is 29.3 Å². The number of rotatable bonds is 4. The van der Waals surface area contributed by atoms with E-state index in [0.29, 0.717) is 29.9 Å². The quantitative estimate of drug-likeness (QED) is 0.927. The summed E-state index contributed by atoms with van der Waals surface area (Å²) in [6.45, 7) is 6.82. The van der Waals surface area contributed by atoms with E-state index < -0.39 is 0 Å². The molecule has 3 rings (SSSR count). The molecule has 3 heterocycles. The molecule has 1 saturated heterocycles. The van der Waals surface area contributed by atoms with Gasteiger partial charge in [0.05, 0.1) is 0 Å². The second-order valence-corrected chi connectivity index (χ2v) is 7.18. The number of carbonyl (C=O) groups is 1. The topological polar surface area (TPSA) is 79.0 Å². The van der Waals surface area contributed by atoms with Gasteiger partial charge in [0.15, 0.2) is 0 Å². The van der Waals surface area contributed by atoms with Crippen molar-refractivity contribution in [2.45, 2.75) is 52.0 Å². The predicted molar refractivity (Wildman–Crippen MR) is 96.2 cm³/mol. The van der Waals surface area contributed by atoms with Gasteiger partial charge in [-0.15, -0.1) is 0 Å². The lowest BCUT2D eigenvalue weighted by atomic mass is 10.0. The van der Waals surface area contributed by atoms with Crippen LogP contribution in [0.3, 0.4) is 0 Å². The Morgan fingerprint density at radius 1 is 1.32 bits per heavy atom. The number of amides is 1. The molecule has 6 heteroatoms. The van der Waals surface area contributed by atoms with E-state index in [1.807, 2.05) is 11.8 Å². The summed E-state index contributed by atoms with van der Waals surface area (Å²) in [5, 5.41) is 0. The summed E-state index contributed by atoms with van der Waals surface area (Å²) in [6.07, 6.45) is 6.14. The third-order valence-corrected chi connectivity index (χ3v) is 4.97. The summed E-state index contributed by atoms with van der Waals surface area (Å²) >= 11 is 0. The van der Waals surface area contributed by atoms with Crippen LogP contribution in [0, 0.1) is 6.92 Å². The van der Waals surface area contributed by atoms with Gasteiger partial charge in [0, 0.05) is 47.7 Å². The molecule has 0 unspecified atom stereocenters. The van der Waals surface area contributed by atoms with Crippen LogP contribution in [0.25, 0.3) is 11.4 Å². The number of pyridine rings is 1. The number of H-pyrrole nitrogens is 1. The summed E-state index contributed by atoms with van der Waals surface area (Å²) < 4.78 is 0. The Balaban J connectivity index is 1.75. The first-order valence-corrected chi connectivity index (χ1v) is 8.69. The summed E-state index contributed by atoms with van der Waals surface area (Å²) in [5.41, 5.74) is 1.82. The highest BCUT2D eigenvalue weighted by atomic mass is 16.2. The molecule has 0 spiro atoms. The van der Waals surface area contributed by atoms with Crippen molar-refractivity contribution in [1.82, 2.24) is 19.9 Å². The van der Waals surface area contributed by atoms with Crippen LogP contribution >= 0.6 is 0 Å². The Morgan fingerprint density at radius 2 is 2.04 bits per heavy atom. The minimum Gasteiger partial charge on any atom is -0.338 e. The normalized spacial score (nSPS) is 16.2. The van der Waals surface area contributed by atoms with Gasteiger partial charge in [-0.1, -0.05) is 0 Å². The minimum absolute atomic E-state index is 0.0813. The zero-order chi connectivity index (χ0) is 18.0. The molecule has 1 N–H and O–H groups in total. The average Bonchev–Trinajstić information content (AvgIpc) is 2.94. The van der Waals surface area contributed by atoms with Crippen LogP contribution in [-0.2, 0) is 11.2 Å². The maximum absolute atomic E-state index is 12.5. The van der Waals surface area contributed by atoms with Gasteiger partial charge in [0.25, 0.3) is 5.56 Å². The smallest absolute Gasteiger partial charge is 0.254 e. The Kier molecular flexibility index (Phi) is 4.70. The first kappa shape index (κ1) is 17.3. The number of nitrogens with zero attached hydrogens (tertiary/aromatic N) is 3. The first-order valence-electron chi connectivity index (χ1n) is 8.69. The van der Waals surface area contributed by atoms with Gasteiger partial charge in [0.2, 0.25) is 5.91 Å². The van der Waals surface area contributed by atoms with Gasteiger partial charge in [-0.3, -0.25) is 14.6 Å². The molecule has 2 aromatic rings. The van der Waals surface area contributed by atoms with Crippen molar-refractivity contribution in [2.24, 2.45) is 0 Å².